The Morgan fingerprint density at radius 1 is 1.43 bits per heavy atom. The number of ether oxygens (including phenoxy) is 1. The molecular weight excluding hydrogens is 264 g/mol. The highest BCUT2D eigenvalue weighted by Crippen LogP contribution is 2.24. The summed E-state index contributed by atoms with van der Waals surface area (Å²) in [6, 6.07) is 1.81. The standard InChI is InChI=1S/C17H26N2O2/c1-12(2)21-16-8-15(10-19-11-16)17(20)7-13(3)14-5-4-6-18-9-14/h8,10-14,18H,4-7,9H2,1-3H3. The molecule has 2 atom stereocenters. The number of pyridine rings is 1. The van der Waals surface area contributed by atoms with E-state index in [1.165, 1.54) is 12.8 Å². The zero-order chi connectivity index (χ0) is 15.2. The summed E-state index contributed by atoms with van der Waals surface area (Å²) in [5, 5.41) is 3.42. The largest absolute Gasteiger partial charge is 0.489 e. The van der Waals surface area contributed by atoms with E-state index in [9.17, 15) is 4.79 Å². The molecule has 0 amide bonds. The van der Waals surface area contributed by atoms with Gasteiger partial charge in [-0.15, -0.1) is 0 Å². The van der Waals surface area contributed by atoms with Crippen molar-refractivity contribution >= 4 is 5.78 Å². The third-order valence-electron chi connectivity index (χ3n) is 4.05. The summed E-state index contributed by atoms with van der Waals surface area (Å²) in [6.45, 7) is 8.25. The minimum Gasteiger partial charge on any atom is -0.489 e. The van der Waals surface area contributed by atoms with Crippen LogP contribution in [-0.4, -0.2) is 30.0 Å². The molecule has 1 N–H and O–H groups in total. The molecule has 0 aromatic carbocycles. The van der Waals surface area contributed by atoms with Gasteiger partial charge >= 0.3 is 0 Å². The summed E-state index contributed by atoms with van der Waals surface area (Å²) in [4.78, 5) is 16.5. The van der Waals surface area contributed by atoms with Gasteiger partial charge in [-0.05, 0) is 57.7 Å². The Bertz CT molecular complexity index is 468. The second-order valence-electron chi connectivity index (χ2n) is 6.29. The molecule has 0 bridgehead atoms. The van der Waals surface area contributed by atoms with Crippen LogP contribution in [0.5, 0.6) is 5.75 Å². The van der Waals surface area contributed by atoms with Gasteiger partial charge in [0.1, 0.15) is 5.75 Å². The molecule has 2 rings (SSSR count). The number of rotatable bonds is 6. The molecule has 0 spiro atoms. The normalized spacial score (nSPS) is 20.3. The Morgan fingerprint density at radius 3 is 2.90 bits per heavy atom. The zero-order valence-electron chi connectivity index (χ0n) is 13.3. The first-order valence-electron chi connectivity index (χ1n) is 7.92. The lowest BCUT2D eigenvalue weighted by Gasteiger charge is -2.28. The number of hydrogen-bond donors (Lipinski definition) is 1. The molecular formula is C17H26N2O2. The SMILES string of the molecule is CC(C)Oc1cncc(C(=O)CC(C)C2CCCNC2)c1. The highest BCUT2D eigenvalue weighted by atomic mass is 16.5. The molecule has 4 nitrogen and oxygen atoms in total. The maximum absolute atomic E-state index is 12.4. The van der Waals surface area contributed by atoms with Crippen LogP contribution in [0.15, 0.2) is 18.5 Å². The molecule has 116 valence electrons. The lowest BCUT2D eigenvalue weighted by Crippen LogP contribution is -2.34. The van der Waals surface area contributed by atoms with Crippen molar-refractivity contribution in [2.45, 2.75) is 46.1 Å². The van der Waals surface area contributed by atoms with Crippen molar-refractivity contribution in [2.75, 3.05) is 13.1 Å². The third kappa shape index (κ3) is 4.81. The molecule has 0 radical (unpaired) electrons. The maximum Gasteiger partial charge on any atom is 0.164 e. The van der Waals surface area contributed by atoms with Crippen LogP contribution in [0.2, 0.25) is 0 Å². The van der Waals surface area contributed by atoms with E-state index in [4.69, 9.17) is 4.74 Å². The Morgan fingerprint density at radius 2 is 2.24 bits per heavy atom. The number of aromatic nitrogens is 1. The molecule has 0 saturated carbocycles. The topological polar surface area (TPSA) is 51.2 Å². The Hall–Kier alpha value is -1.42. The van der Waals surface area contributed by atoms with Gasteiger partial charge in [-0.2, -0.15) is 0 Å². The van der Waals surface area contributed by atoms with E-state index in [2.05, 4.69) is 17.2 Å². The van der Waals surface area contributed by atoms with Crippen LogP contribution in [0.3, 0.4) is 0 Å². The van der Waals surface area contributed by atoms with E-state index in [-0.39, 0.29) is 11.9 Å². The van der Waals surface area contributed by atoms with Crippen LogP contribution in [-0.2, 0) is 0 Å². The predicted octanol–water partition coefficient (Wildman–Crippen LogP) is 3.08. The summed E-state index contributed by atoms with van der Waals surface area (Å²) in [5.74, 6) is 1.84. The first-order chi connectivity index (χ1) is 10.1. The van der Waals surface area contributed by atoms with E-state index < -0.39 is 0 Å². The number of ketones is 1. The van der Waals surface area contributed by atoms with Gasteiger partial charge < -0.3 is 10.1 Å². The molecule has 1 aromatic rings. The molecule has 21 heavy (non-hydrogen) atoms. The van der Waals surface area contributed by atoms with Gasteiger partial charge in [0.2, 0.25) is 0 Å². The first-order valence-corrected chi connectivity index (χ1v) is 7.92. The minimum atomic E-state index is 0.0874. The van der Waals surface area contributed by atoms with Crippen molar-refractivity contribution < 1.29 is 9.53 Å². The fourth-order valence-corrected chi connectivity index (χ4v) is 2.85. The summed E-state index contributed by atoms with van der Waals surface area (Å²) in [6.07, 6.45) is 6.40. The highest BCUT2D eigenvalue weighted by Gasteiger charge is 2.22. The fraction of sp³-hybridized carbons (Fsp3) is 0.647. The summed E-state index contributed by atoms with van der Waals surface area (Å²) >= 11 is 0. The molecule has 1 aliphatic heterocycles. The lowest BCUT2D eigenvalue weighted by molar-refractivity contribution is 0.0941. The molecule has 1 aromatic heterocycles. The molecule has 2 unspecified atom stereocenters. The number of carbonyl (C=O) groups excluding carboxylic acids is 1. The molecule has 1 aliphatic rings. The Kier molecular flexibility index (Phi) is 5.74. The quantitative estimate of drug-likeness (QED) is 0.818. The van der Waals surface area contributed by atoms with Gasteiger partial charge in [0.05, 0.1) is 12.3 Å². The monoisotopic (exact) mass is 290 g/mol. The number of carbonyl (C=O) groups is 1. The van der Waals surface area contributed by atoms with Gasteiger partial charge in [-0.25, -0.2) is 0 Å². The van der Waals surface area contributed by atoms with E-state index in [0.29, 0.717) is 29.6 Å². The molecule has 2 heterocycles. The average Bonchev–Trinajstić information content (AvgIpc) is 2.47. The fourth-order valence-electron chi connectivity index (χ4n) is 2.85. The number of Topliss-reactive ketones (excluding diaryl/α,β-unsaturated/α-hetero) is 1. The van der Waals surface area contributed by atoms with Gasteiger partial charge in [0.25, 0.3) is 0 Å². The van der Waals surface area contributed by atoms with Gasteiger partial charge in [0.15, 0.2) is 5.78 Å². The Labute approximate surface area is 127 Å². The van der Waals surface area contributed by atoms with Crippen LogP contribution in [0, 0.1) is 11.8 Å². The van der Waals surface area contributed by atoms with Crippen molar-refractivity contribution in [3.05, 3.63) is 24.0 Å². The smallest absolute Gasteiger partial charge is 0.164 e. The summed E-state index contributed by atoms with van der Waals surface area (Å²) < 4.78 is 5.60. The van der Waals surface area contributed by atoms with Crippen molar-refractivity contribution in [1.29, 1.82) is 0 Å². The third-order valence-corrected chi connectivity index (χ3v) is 4.05. The number of nitrogens with zero attached hydrogens (tertiary/aromatic N) is 1. The lowest BCUT2D eigenvalue weighted by atomic mass is 9.83. The highest BCUT2D eigenvalue weighted by molar-refractivity contribution is 5.96. The number of hydrogen-bond acceptors (Lipinski definition) is 4. The average molecular weight is 290 g/mol. The summed E-state index contributed by atoms with van der Waals surface area (Å²) in [5.41, 5.74) is 0.656. The van der Waals surface area contributed by atoms with Crippen LogP contribution in [0.25, 0.3) is 0 Å². The molecule has 4 heteroatoms. The van der Waals surface area contributed by atoms with Crippen LogP contribution >= 0.6 is 0 Å². The van der Waals surface area contributed by atoms with E-state index >= 15 is 0 Å². The van der Waals surface area contributed by atoms with E-state index in [1.807, 2.05) is 13.8 Å². The van der Waals surface area contributed by atoms with Crippen LogP contribution < -0.4 is 10.1 Å². The zero-order valence-corrected chi connectivity index (χ0v) is 13.3. The molecule has 0 aliphatic carbocycles. The molecule has 1 saturated heterocycles. The summed E-state index contributed by atoms with van der Waals surface area (Å²) in [7, 11) is 0. The second-order valence-corrected chi connectivity index (χ2v) is 6.29. The number of nitrogens with one attached hydrogen (secondary N) is 1. The van der Waals surface area contributed by atoms with E-state index in [1.54, 1.807) is 18.5 Å². The minimum absolute atomic E-state index is 0.0874. The van der Waals surface area contributed by atoms with Gasteiger partial charge in [-0.3, -0.25) is 9.78 Å². The number of piperidine rings is 1. The van der Waals surface area contributed by atoms with E-state index in [0.717, 1.165) is 13.1 Å². The first kappa shape index (κ1) is 16.0. The van der Waals surface area contributed by atoms with Crippen molar-refractivity contribution in [3.63, 3.8) is 0 Å². The van der Waals surface area contributed by atoms with Crippen molar-refractivity contribution in [2.24, 2.45) is 11.8 Å². The van der Waals surface area contributed by atoms with Crippen molar-refractivity contribution in [1.82, 2.24) is 10.3 Å². The van der Waals surface area contributed by atoms with Crippen LogP contribution in [0.1, 0.15) is 50.4 Å². The maximum atomic E-state index is 12.4. The molecule has 1 fully saturated rings. The predicted molar refractivity (Wildman–Crippen MR) is 83.7 cm³/mol. The Balaban J connectivity index is 1.95. The van der Waals surface area contributed by atoms with Crippen LogP contribution in [0.4, 0.5) is 0 Å². The van der Waals surface area contributed by atoms with Crippen molar-refractivity contribution in [3.8, 4) is 5.75 Å². The van der Waals surface area contributed by atoms with Gasteiger partial charge in [-0.1, -0.05) is 6.92 Å². The van der Waals surface area contributed by atoms with Gasteiger partial charge in [0, 0.05) is 18.2 Å². The second kappa shape index (κ2) is 7.55.